The highest BCUT2D eigenvalue weighted by atomic mass is 35.5. The fraction of sp³-hybridized carbons (Fsp3) is 0.238. The van der Waals surface area contributed by atoms with Gasteiger partial charge in [0.1, 0.15) is 5.75 Å². The van der Waals surface area contributed by atoms with Crippen molar-refractivity contribution in [3.63, 3.8) is 0 Å². The van der Waals surface area contributed by atoms with Crippen LogP contribution in [0.3, 0.4) is 0 Å². The van der Waals surface area contributed by atoms with Gasteiger partial charge in [-0.1, -0.05) is 35.0 Å². The maximum atomic E-state index is 12.5. The normalized spacial score (nSPS) is 16.0. The van der Waals surface area contributed by atoms with E-state index >= 15 is 0 Å². The lowest BCUT2D eigenvalue weighted by Gasteiger charge is -2.17. The zero-order valence-electron chi connectivity index (χ0n) is 16.4. The molecule has 1 aromatic heterocycles. The third kappa shape index (κ3) is 4.87. The summed E-state index contributed by atoms with van der Waals surface area (Å²) in [4.78, 5) is 26.4. The Kier molecular flexibility index (Phi) is 6.50. The maximum Gasteiger partial charge on any atom is 0.277 e. The number of thioether (sulfide) groups is 1. The Morgan fingerprint density at radius 1 is 1.23 bits per heavy atom. The van der Waals surface area contributed by atoms with Gasteiger partial charge in [0.2, 0.25) is 11.8 Å². The molecule has 0 N–H and O–H groups in total. The summed E-state index contributed by atoms with van der Waals surface area (Å²) in [6.45, 7) is 0.400. The molecule has 1 atom stereocenters. The molecule has 10 heteroatoms. The molecule has 1 aliphatic rings. The molecule has 1 fully saturated rings. The predicted molar refractivity (Wildman–Crippen MR) is 119 cm³/mol. The fourth-order valence-corrected chi connectivity index (χ4v) is 4.28. The Balaban J connectivity index is 1.39. The van der Waals surface area contributed by atoms with Gasteiger partial charge < -0.3 is 14.1 Å². The predicted octanol–water partition coefficient (Wildman–Crippen LogP) is 4.88. The van der Waals surface area contributed by atoms with Crippen LogP contribution >= 0.6 is 35.0 Å². The average molecular weight is 478 g/mol. The van der Waals surface area contributed by atoms with Gasteiger partial charge in [-0.05, 0) is 42.5 Å². The summed E-state index contributed by atoms with van der Waals surface area (Å²) in [6.07, 6.45) is 0.250. The third-order valence-corrected chi connectivity index (χ3v) is 6.20. The van der Waals surface area contributed by atoms with Crippen molar-refractivity contribution in [2.24, 2.45) is 0 Å². The SMILES string of the molecule is COc1ccc(N2C[C@H](c3nnc(SCC(=O)c4ccc(Cl)cc4)o3)CC2=O)cc1Cl. The lowest BCUT2D eigenvalue weighted by molar-refractivity contribution is -0.117. The van der Waals surface area contributed by atoms with E-state index in [0.717, 1.165) is 11.8 Å². The van der Waals surface area contributed by atoms with Crippen LogP contribution in [0.25, 0.3) is 0 Å². The van der Waals surface area contributed by atoms with Crippen LogP contribution in [0.2, 0.25) is 10.0 Å². The molecule has 0 unspecified atom stereocenters. The largest absolute Gasteiger partial charge is 0.495 e. The van der Waals surface area contributed by atoms with Gasteiger partial charge in [-0.3, -0.25) is 9.59 Å². The fourth-order valence-electron chi connectivity index (χ4n) is 3.24. The lowest BCUT2D eigenvalue weighted by atomic mass is 10.1. The molecule has 0 radical (unpaired) electrons. The van der Waals surface area contributed by atoms with Crippen molar-refractivity contribution in [3.05, 3.63) is 64.0 Å². The van der Waals surface area contributed by atoms with E-state index in [1.807, 2.05) is 0 Å². The molecule has 31 heavy (non-hydrogen) atoms. The number of hydrogen-bond donors (Lipinski definition) is 0. The van der Waals surface area contributed by atoms with E-state index < -0.39 is 0 Å². The number of carbonyl (C=O) groups is 2. The van der Waals surface area contributed by atoms with Crippen molar-refractivity contribution in [2.45, 2.75) is 17.6 Å². The van der Waals surface area contributed by atoms with Crippen LogP contribution in [-0.2, 0) is 4.79 Å². The highest BCUT2D eigenvalue weighted by Gasteiger charge is 2.35. The summed E-state index contributed by atoms with van der Waals surface area (Å²) in [5, 5.41) is 9.37. The maximum absolute atomic E-state index is 12.5. The van der Waals surface area contributed by atoms with Crippen molar-refractivity contribution < 1.29 is 18.7 Å². The zero-order valence-corrected chi connectivity index (χ0v) is 18.7. The summed E-state index contributed by atoms with van der Waals surface area (Å²) in [6, 6.07) is 11.9. The van der Waals surface area contributed by atoms with E-state index in [0.29, 0.717) is 39.5 Å². The number of ketones is 1. The molecule has 1 aliphatic heterocycles. The summed E-state index contributed by atoms with van der Waals surface area (Å²) >= 11 is 13.2. The van der Waals surface area contributed by atoms with E-state index in [1.165, 1.54) is 7.11 Å². The van der Waals surface area contributed by atoms with Gasteiger partial charge in [0.25, 0.3) is 5.22 Å². The monoisotopic (exact) mass is 477 g/mol. The van der Waals surface area contributed by atoms with Gasteiger partial charge in [-0.2, -0.15) is 0 Å². The Hall–Kier alpha value is -2.55. The molecule has 7 nitrogen and oxygen atoms in total. The summed E-state index contributed by atoms with van der Waals surface area (Å²) in [5.74, 6) is 0.708. The van der Waals surface area contributed by atoms with Gasteiger partial charge in [0.15, 0.2) is 5.78 Å². The number of carbonyl (C=O) groups excluding carboxylic acids is 2. The number of amides is 1. The van der Waals surface area contributed by atoms with Crippen LogP contribution in [0.4, 0.5) is 5.69 Å². The van der Waals surface area contributed by atoms with Gasteiger partial charge >= 0.3 is 0 Å². The van der Waals surface area contributed by atoms with Crippen molar-refractivity contribution in [3.8, 4) is 5.75 Å². The second kappa shape index (κ2) is 9.30. The molecule has 0 spiro atoms. The molecule has 3 aromatic rings. The Labute approximate surface area is 192 Å². The third-order valence-electron chi connectivity index (χ3n) is 4.84. The molecule has 160 valence electrons. The molecule has 2 aromatic carbocycles. The molecular formula is C21H17Cl2N3O4S. The first-order valence-electron chi connectivity index (χ1n) is 9.33. The first-order chi connectivity index (χ1) is 14.9. The van der Waals surface area contributed by atoms with Crippen molar-refractivity contribution in [1.29, 1.82) is 0 Å². The Morgan fingerprint density at radius 2 is 2.00 bits per heavy atom. The van der Waals surface area contributed by atoms with Crippen molar-refractivity contribution in [1.82, 2.24) is 10.2 Å². The van der Waals surface area contributed by atoms with Crippen molar-refractivity contribution in [2.75, 3.05) is 24.3 Å². The van der Waals surface area contributed by atoms with Crippen LogP contribution in [-0.4, -0.2) is 41.3 Å². The topological polar surface area (TPSA) is 85.5 Å². The van der Waals surface area contributed by atoms with Gasteiger partial charge in [0.05, 0.1) is 23.8 Å². The van der Waals surface area contributed by atoms with Gasteiger partial charge in [-0.25, -0.2) is 0 Å². The van der Waals surface area contributed by atoms with Crippen LogP contribution in [0.15, 0.2) is 52.1 Å². The number of hydrogen-bond acceptors (Lipinski definition) is 7. The molecule has 4 rings (SSSR count). The average Bonchev–Trinajstić information content (AvgIpc) is 3.39. The summed E-state index contributed by atoms with van der Waals surface area (Å²) in [5.41, 5.74) is 1.24. The molecule has 2 heterocycles. The molecule has 1 amide bonds. The number of Topliss-reactive ketones (excluding diaryl/α,β-unsaturated/α-hetero) is 1. The van der Waals surface area contributed by atoms with Crippen LogP contribution in [0, 0.1) is 0 Å². The molecule has 0 saturated carbocycles. The first-order valence-corrected chi connectivity index (χ1v) is 11.1. The minimum Gasteiger partial charge on any atom is -0.495 e. The van der Waals surface area contributed by atoms with E-state index in [9.17, 15) is 9.59 Å². The number of aromatic nitrogens is 2. The molecule has 1 saturated heterocycles. The number of anilines is 1. The number of benzene rings is 2. The minimum absolute atomic E-state index is 0.0587. The second-order valence-corrected chi connectivity index (χ2v) is 8.62. The van der Waals surface area contributed by atoms with Crippen LogP contribution < -0.4 is 9.64 Å². The lowest BCUT2D eigenvalue weighted by Crippen LogP contribution is -2.24. The Bertz CT molecular complexity index is 1120. The van der Waals surface area contributed by atoms with E-state index in [4.69, 9.17) is 32.4 Å². The van der Waals surface area contributed by atoms with E-state index in [2.05, 4.69) is 10.2 Å². The summed E-state index contributed by atoms with van der Waals surface area (Å²) < 4.78 is 10.9. The number of ether oxygens (including phenoxy) is 1. The highest BCUT2D eigenvalue weighted by Crippen LogP contribution is 2.35. The summed E-state index contributed by atoms with van der Waals surface area (Å²) in [7, 11) is 1.53. The quantitative estimate of drug-likeness (QED) is 0.353. The minimum atomic E-state index is -0.234. The number of nitrogens with zero attached hydrogens (tertiary/aromatic N) is 3. The van der Waals surface area contributed by atoms with Crippen LogP contribution in [0.1, 0.15) is 28.6 Å². The second-order valence-electron chi connectivity index (χ2n) is 6.85. The smallest absolute Gasteiger partial charge is 0.277 e. The standard InChI is InChI=1S/C21H17Cl2N3O4S/c1-29-18-7-6-15(9-16(18)23)26-10-13(8-19(26)28)20-24-25-21(30-20)31-11-17(27)12-2-4-14(22)5-3-12/h2-7,9,13H,8,10-11H2,1H3/t13-/m1/s1. The molecule has 0 aliphatic carbocycles. The number of methoxy groups -OCH3 is 1. The van der Waals surface area contributed by atoms with E-state index in [1.54, 1.807) is 47.4 Å². The molecular weight excluding hydrogens is 461 g/mol. The molecule has 0 bridgehead atoms. The first kappa shape index (κ1) is 21.7. The van der Waals surface area contributed by atoms with Crippen molar-refractivity contribution >= 4 is 52.3 Å². The zero-order chi connectivity index (χ0) is 22.0. The van der Waals surface area contributed by atoms with Gasteiger partial charge in [0, 0.05) is 29.2 Å². The number of halogens is 2. The van der Waals surface area contributed by atoms with Crippen LogP contribution in [0.5, 0.6) is 5.75 Å². The Morgan fingerprint density at radius 3 is 2.71 bits per heavy atom. The van der Waals surface area contributed by atoms with Gasteiger partial charge in [-0.15, -0.1) is 10.2 Å². The van der Waals surface area contributed by atoms with E-state index in [-0.39, 0.29) is 35.0 Å². The highest BCUT2D eigenvalue weighted by molar-refractivity contribution is 7.99. The number of rotatable bonds is 7.